The molecule has 0 aromatic heterocycles. The Hall–Kier alpha value is -3.22. The molecule has 164 valence electrons. The predicted molar refractivity (Wildman–Crippen MR) is 96.4 cm³/mol. The van der Waals surface area contributed by atoms with Crippen LogP contribution in [0.3, 0.4) is 0 Å². The van der Waals surface area contributed by atoms with Crippen molar-refractivity contribution in [2.75, 3.05) is 6.54 Å². The van der Waals surface area contributed by atoms with E-state index in [1.165, 1.54) is 0 Å². The molecule has 0 aromatic carbocycles. The maximum absolute atomic E-state index is 12.5. The summed E-state index contributed by atoms with van der Waals surface area (Å²) < 4.78 is 0. The molecule has 4 unspecified atom stereocenters. The van der Waals surface area contributed by atoms with Gasteiger partial charge in [-0.2, -0.15) is 0 Å². The van der Waals surface area contributed by atoms with Gasteiger partial charge in [-0.3, -0.25) is 28.8 Å². The van der Waals surface area contributed by atoms with Gasteiger partial charge in [-0.1, -0.05) is 20.3 Å². The summed E-state index contributed by atoms with van der Waals surface area (Å²) in [5.74, 6) is -7.40. The number of nitrogens with two attached hydrogens (primary N) is 1. The lowest BCUT2D eigenvalue weighted by molar-refractivity contribution is -0.143. The van der Waals surface area contributed by atoms with Gasteiger partial charge in [-0.25, -0.2) is 0 Å². The van der Waals surface area contributed by atoms with Gasteiger partial charge < -0.3 is 37.0 Å². The van der Waals surface area contributed by atoms with E-state index in [-0.39, 0.29) is 0 Å². The number of amides is 3. The Labute approximate surface area is 166 Å². The van der Waals surface area contributed by atoms with Crippen molar-refractivity contribution in [3.05, 3.63) is 0 Å². The van der Waals surface area contributed by atoms with Crippen LogP contribution in [0.4, 0.5) is 0 Å². The minimum atomic E-state index is -1.63. The minimum Gasteiger partial charge on any atom is -0.481 e. The van der Waals surface area contributed by atoms with Crippen molar-refractivity contribution < 1.29 is 44.1 Å². The van der Waals surface area contributed by atoms with Gasteiger partial charge in [0, 0.05) is 0 Å². The van der Waals surface area contributed by atoms with Gasteiger partial charge in [0.2, 0.25) is 17.7 Å². The molecule has 29 heavy (non-hydrogen) atoms. The number of nitrogens with one attached hydrogen (secondary N) is 3. The van der Waals surface area contributed by atoms with Crippen LogP contribution in [0, 0.1) is 5.92 Å². The van der Waals surface area contributed by atoms with Crippen LogP contribution < -0.4 is 21.7 Å². The highest BCUT2D eigenvalue weighted by Gasteiger charge is 2.32. The fourth-order valence-electron chi connectivity index (χ4n) is 2.17. The lowest BCUT2D eigenvalue weighted by Crippen LogP contribution is -2.58. The van der Waals surface area contributed by atoms with E-state index in [1.54, 1.807) is 13.8 Å². The third-order valence-corrected chi connectivity index (χ3v) is 3.95. The molecule has 0 aliphatic carbocycles. The van der Waals surface area contributed by atoms with Crippen molar-refractivity contribution >= 4 is 35.6 Å². The molecule has 0 radical (unpaired) electrons. The summed E-state index contributed by atoms with van der Waals surface area (Å²) in [5, 5.41) is 32.8. The predicted octanol–water partition coefficient (Wildman–Crippen LogP) is -2.52. The summed E-state index contributed by atoms with van der Waals surface area (Å²) in [5.41, 5.74) is 5.39. The van der Waals surface area contributed by atoms with Crippen molar-refractivity contribution in [3.63, 3.8) is 0 Å². The van der Waals surface area contributed by atoms with Crippen molar-refractivity contribution in [1.82, 2.24) is 16.0 Å². The number of hydrogen-bond donors (Lipinski definition) is 7. The maximum Gasteiger partial charge on any atom is 0.322 e. The van der Waals surface area contributed by atoms with Crippen LogP contribution in [0.25, 0.3) is 0 Å². The number of rotatable bonds is 13. The zero-order valence-electron chi connectivity index (χ0n) is 16.0. The van der Waals surface area contributed by atoms with E-state index in [0.717, 1.165) is 0 Å². The molecule has 0 rings (SSSR count). The van der Waals surface area contributed by atoms with Gasteiger partial charge >= 0.3 is 17.9 Å². The first kappa shape index (κ1) is 25.8. The number of hydrogen-bond acceptors (Lipinski definition) is 7. The normalized spacial score (nSPS) is 14.6. The van der Waals surface area contributed by atoms with Crippen LogP contribution in [0.1, 0.15) is 33.1 Å². The van der Waals surface area contributed by atoms with Gasteiger partial charge in [-0.05, 0) is 5.92 Å². The van der Waals surface area contributed by atoms with Crippen LogP contribution in [0.2, 0.25) is 0 Å². The fraction of sp³-hybridized carbons (Fsp3) is 0.625. The number of carboxylic acids is 3. The van der Waals surface area contributed by atoms with Gasteiger partial charge in [0.1, 0.15) is 18.6 Å². The Morgan fingerprint density at radius 1 is 0.828 bits per heavy atom. The number of aliphatic carboxylic acids is 3. The highest BCUT2D eigenvalue weighted by Crippen LogP contribution is 2.09. The molecule has 0 saturated carbocycles. The molecule has 0 saturated heterocycles. The Bertz CT molecular complexity index is 652. The van der Waals surface area contributed by atoms with E-state index in [1.807, 2.05) is 0 Å². The van der Waals surface area contributed by atoms with E-state index < -0.39 is 79.1 Å². The topological polar surface area (TPSA) is 225 Å². The summed E-state index contributed by atoms with van der Waals surface area (Å²) in [6.45, 7) is 2.65. The smallest absolute Gasteiger partial charge is 0.322 e. The standard InChI is InChI=1S/C16H26N4O9/c1-3-7(2)13(16(29)18-6-12(25)26)20-15(28)9(5-11(23)24)19-14(27)8(17)4-10(21)22/h7-9,13H,3-6,17H2,1-2H3,(H,18,29)(H,19,27)(H,20,28)(H,21,22)(H,23,24)(H,25,26). The maximum atomic E-state index is 12.5. The second kappa shape index (κ2) is 12.3. The summed E-state index contributed by atoms with van der Waals surface area (Å²) >= 11 is 0. The second-order valence-corrected chi connectivity index (χ2v) is 6.35. The van der Waals surface area contributed by atoms with Crippen molar-refractivity contribution in [2.45, 2.75) is 51.2 Å². The molecule has 0 aromatic rings. The van der Waals surface area contributed by atoms with Crippen molar-refractivity contribution in [3.8, 4) is 0 Å². The molecule has 0 heterocycles. The van der Waals surface area contributed by atoms with E-state index in [0.29, 0.717) is 6.42 Å². The average Bonchev–Trinajstić information content (AvgIpc) is 2.61. The number of carbonyl (C=O) groups excluding carboxylic acids is 3. The highest BCUT2D eigenvalue weighted by atomic mass is 16.4. The zero-order valence-corrected chi connectivity index (χ0v) is 16.0. The van der Waals surface area contributed by atoms with E-state index in [4.69, 9.17) is 21.1 Å². The molecule has 0 spiro atoms. The molecule has 0 aliphatic rings. The summed E-state index contributed by atoms with van der Waals surface area (Å²) in [6.07, 6.45) is -1.16. The molecular formula is C16H26N4O9. The van der Waals surface area contributed by atoms with Crippen molar-refractivity contribution in [2.24, 2.45) is 11.7 Å². The Morgan fingerprint density at radius 2 is 1.38 bits per heavy atom. The van der Waals surface area contributed by atoms with Crippen LogP contribution in [0.15, 0.2) is 0 Å². The largest absolute Gasteiger partial charge is 0.481 e. The lowest BCUT2D eigenvalue weighted by Gasteiger charge is -2.26. The molecular weight excluding hydrogens is 392 g/mol. The SMILES string of the molecule is CCC(C)C(NC(=O)C(CC(=O)O)NC(=O)C(N)CC(=O)O)C(=O)NCC(=O)O. The Kier molecular flexibility index (Phi) is 10.9. The number of carboxylic acid groups (broad SMARTS) is 3. The van der Waals surface area contributed by atoms with Gasteiger partial charge in [0.25, 0.3) is 0 Å². The van der Waals surface area contributed by atoms with Gasteiger partial charge in [0.05, 0.1) is 18.9 Å². The molecule has 8 N–H and O–H groups in total. The number of carbonyl (C=O) groups is 6. The first-order chi connectivity index (χ1) is 13.4. The molecule has 0 bridgehead atoms. The summed E-state index contributed by atoms with van der Waals surface area (Å²) in [6, 6.07) is -4.33. The monoisotopic (exact) mass is 418 g/mol. The van der Waals surface area contributed by atoms with Crippen LogP contribution in [-0.2, 0) is 28.8 Å². The third-order valence-electron chi connectivity index (χ3n) is 3.95. The van der Waals surface area contributed by atoms with Gasteiger partial charge in [-0.15, -0.1) is 0 Å². The average molecular weight is 418 g/mol. The fourth-order valence-corrected chi connectivity index (χ4v) is 2.17. The van der Waals surface area contributed by atoms with E-state index in [2.05, 4.69) is 16.0 Å². The third kappa shape index (κ3) is 10.0. The quantitative estimate of drug-likeness (QED) is 0.166. The molecule has 4 atom stereocenters. The highest BCUT2D eigenvalue weighted by molar-refractivity contribution is 5.96. The summed E-state index contributed by atoms with van der Waals surface area (Å²) in [7, 11) is 0. The molecule has 0 fully saturated rings. The first-order valence-corrected chi connectivity index (χ1v) is 8.68. The van der Waals surface area contributed by atoms with Crippen LogP contribution in [0.5, 0.6) is 0 Å². The zero-order chi connectivity index (χ0) is 22.7. The minimum absolute atomic E-state index is 0.422. The van der Waals surface area contributed by atoms with Gasteiger partial charge in [0.15, 0.2) is 0 Å². The second-order valence-electron chi connectivity index (χ2n) is 6.35. The Balaban J connectivity index is 5.34. The summed E-state index contributed by atoms with van der Waals surface area (Å²) in [4.78, 5) is 68.9. The lowest BCUT2D eigenvalue weighted by atomic mass is 9.97. The van der Waals surface area contributed by atoms with E-state index >= 15 is 0 Å². The molecule has 3 amide bonds. The van der Waals surface area contributed by atoms with Crippen molar-refractivity contribution in [1.29, 1.82) is 0 Å². The molecule has 0 aliphatic heterocycles. The van der Waals surface area contributed by atoms with Crippen LogP contribution >= 0.6 is 0 Å². The Morgan fingerprint density at radius 3 is 1.83 bits per heavy atom. The molecule has 13 nitrogen and oxygen atoms in total. The first-order valence-electron chi connectivity index (χ1n) is 8.68. The molecule has 13 heteroatoms. The van der Waals surface area contributed by atoms with Crippen LogP contribution in [-0.4, -0.2) is 75.6 Å². The van der Waals surface area contributed by atoms with E-state index in [9.17, 15) is 28.8 Å².